The van der Waals surface area contributed by atoms with Gasteiger partial charge in [-0.25, -0.2) is 8.78 Å². The zero-order valence-electron chi connectivity index (χ0n) is 16.2. The number of rotatable bonds is 7. The van der Waals surface area contributed by atoms with E-state index in [0.717, 1.165) is 36.0 Å². The standard InChI is InChI=1S/C21H19F5N2O2S/c22-16-7-6-15(10-17(16)23)31-12-19(29)27-18(11-28-8-2-5-20(28)30)13-3-1-4-14(9-13)21(24,25)26/h1,3-4,6-7,9-10,18H,2,5,8,11-12H2,(H,27,29). The van der Waals surface area contributed by atoms with Crippen LogP contribution in [0.1, 0.15) is 30.0 Å². The third-order valence-electron chi connectivity index (χ3n) is 4.79. The lowest BCUT2D eigenvalue weighted by atomic mass is 10.0. The average Bonchev–Trinajstić information content (AvgIpc) is 3.12. The number of nitrogens with zero attached hydrogens (tertiary/aromatic N) is 1. The van der Waals surface area contributed by atoms with Gasteiger partial charge < -0.3 is 10.2 Å². The molecule has 4 nitrogen and oxygen atoms in total. The van der Waals surface area contributed by atoms with E-state index in [1.54, 1.807) is 0 Å². The second-order valence-corrected chi connectivity index (χ2v) is 8.10. The molecule has 1 heterocycles. The number of alkyl halides is 3. The van der Waals surface area contributed by atoms with Crippen LogP contribution in [0.5, 0.6) is 0 Å². The molecule has 1 aliphatic heterocycles. The van der Waals surface area contributed by atoms with Crippen molar-refractivity contribution in [1.29, 1.82) is 0 Å². The van der Waals surface area contributed by atoms with Crippen LogP contribution in [0.15, 0.2) is 47.4 Å². The topological polar surface area (TPSA) is 49.4 Å². The smallest absolute Gasteiger partial charge is 0.347 e. The number of carbonyl (C=O) groups is 2. The minimum Gasteiger partial charge on any atom is -0.347 e. The van der Waals surface area contributed by atoms with Crippen molar-refractivity contribution in [2.24, 2.45) is 0 Å². The molecule has 0 aliphatic carbocycles. The van der Waals surface area contributed by atoms with E-state index < -0.39 is 35.3 Å². The number of benzene rings is 2. The van der Waals surface area contributed by atoms with Gasteiger partial charge in [0.15, 0.2) is 11.6 Å². The Morgan fingerprint density at radius 1 is 1.13 bits per heavy atom. The van der Waals surface area contributed by atoms with E-state index in [9.17, 15) is 31.5 Å². The number of nitrogens with one attached hydrogen (secondary N) is 1. The van der Waals surface area contributed by atoms with E-state index in [1.807, 2.05) is 0 Å². The Bertz CT molecular complexity index is 967. The van der Waals surface area contributed by atoms with Crippen molar-refractivity contribution in [2.45, 2.75) is 30.0 Å². The Balaban J connectivity index is 1.73. The molecule has 10 heteroatoms. The van der Waals surface area contributed by atoms with Crippen LogP contribution in [-0.2, 0) is 15.8 Å². The lowest BCUT2D eigenvalue weighted by Gasteiger charge is -2.26. The zero-order chi connectivity index (χ0) is 22.6. The summed E-state index contributed by atoms with van der Waals surface area (Å²) in [4.78, 5) is 26.3. The van der Waals surface area contributed by atoms with Crippen LogP contribution in [0.25, 0.3) is 0 Å². The van der Waals surface area contributed by atoms with Crippen LogP contribution in [0.2, 0.25) is 0 Å². The number of hydrogen-bond donors (Lipinski definition) is 1. The van der Waals surface area contributed by atoms with Crippen molar-refractivity contribution in [3.63, 3.8) is 0 Å². The Kier molecular flexibility index (Phi) is 7.19. The normalized spacial score (nSPS) is 15.3. The Morgan fingerprint density at radius 3 is 2.55 bits per heavy atom. The van der Waals surface area contributed by atoms with Crippen molar-refractivity contribution in [3.05, 3.63) is 65.2 Å². The largest absolute Gasteiger partial charge is 0.416 e. The fourth-order valence-corrected chi connectivity index (χ4v) is 3.97. The predicted octanol–water partition coefficient (Wildman–Crippen LogP) is 4.56. The molecule has 0 spiro atoms. The van der Waals surface area contributed by atoms with Gasteiger partial charge in [0.25, 0.3) is 0 Å². The van der Waals surface area contributed by atoms with E-state index in [-0.39, 0.29) is 23.8 Å². The lowest BCUT2D eigenvalue weighted by molar-refractivity contribution is -0.137. The molecule has 1 aliphatic rings. The van der Waals surface area contributed by atoms with Crippen molar-refractivity contribution < 1.29 is 31.5 Å². The summed E-state index contributed by atoms with van der Waals surface area (Å²) in [5, 5.41) is 2.67. The molecule has 1 fully saturated rings. The molecule has 1 atom stereocenters. The molecule has 2 aromatic carbocycles. The highest BCUT2D eigenvalue weighted by molar-refractivity contribution is 8.00. The van der Waals surface area contributed by atoms with Crippen molar-refractivity contribution in [1.82, 2.24) is 10.2 Å². The number of likely N-dealkylation sites (tertiary alicyclic amines) is 1. The summed E-state index contributed by atoms with van der Waals surface area (Å²) in [6.45, 7) is 0.509. The van der Waals surface area contributed by atoms with Gasteiger partial charge in [-0.05, 0) is 42.3 Å². The molecule has 1 unspecified atom stereocenters. The molecule has 2 aromatic rings. The summed E-state index contributed by atoms with van der Waals surface area (Å²) in [7, 11) is 0. The van der Waals surface area contributed by atoms with Crippen LogP contribution in [0.4, 0.5) is 22.0 Å². The molecule has 2 amide bonds. The van der Waals surface area contributed by atoms with Gasteiger partial charge in [-0.2, -0.15) is 13.2 Å². The predicted molar refractivity (Wildman–Crippen MR) is 105 cm³/mol. The molecule has 0 bridgehead atoms. The van der Waals surface area contributed by atoms with Crippen LogP contribution >= 0.6 is 11.8 Å². The second-order valence-electron chi connectivity index (χ2n) is 7.05. The van der Waals surface area contributed by atoms with Gasteiger partial charge in [0, 0.05) is 24.4 Å². The highest BCUT2D eigenvalue weighted by Gasteiger charge is 2.32. The first-order valence-electron chi connectivity index (χ1n) is 9.45. The number of amides is 2. The third-order valence-corrected chi connectivity index (χ3v) is 5.78. The summed E-state index contributed by atoms with van der Waals surface area (Å²) in [5.74, 6) is -2.84. The molecule has 1 saturated heterocycles. The van der Waals surface area contributed by atoms with Gasteiger partial charge in [-0.1, -0.05) is 12.1 Å². The van der Waals surface area contributed by atoms with Crippen LogP contribution < -0.4 is 5.32 Å². The number of thioether (sulfide) groups is 1. The fourth-order valence-electron chi connectivity index (χ4n) is 3.24. The maximum Gasteiger partial charge on any atom is 0.416 e. The summed E-state index contributed by atoms with van der Waals surface area (Å²) in [6.07, 6.45) is -3.54. The number of halogens is 5. The van der Waals surface area contributed by atoms with Crippen LogP contribution in [-0.4, -0.2) is 35.6 Å². The minimum absolute atomic E-state index is 0.0434. The molecular formula is C21H19F5N2O2S. The quantitative estimate of drug-likeness (QED) is 0.489. The molecule has 3 rings (SSSR count). The summed E-state index contributed by atoms with van der Waals surface area (Å²) in [5.41, 5.74) is -0.631. The maximum absolute atomic E-state index is 13.3. The first kappa shape index (κ1) is 23.1. The van der Waals surface area contributed by atoms with Gasteiger partial charge in [-0.3, -0.25) is 9.59 Å². The summed E-state index contributed by atoms with van der Waals surface area (Å²) < 4.78 is 65.7. The van der Waals surface area contributed by atoms with Gasteiger partial charge in [-0.15, -0.1) is 11.8 Å². The highest BCUT2D eigenvalue weighted by atomic mass is 32.2. The van der Waals surface area contributed by atoms with Crippen molar-refractivity contribution in [2.75, 3.05) is 18.8 Å². The molecule has 0 radical (unpaired) electrons. The Hall–Kier alpha value is -2.62. The van der Waals surface area contributed by atoms with Gasteiger partial charge in [0.1, 0.15) is 0 Å². The number of carbonyl (C=O) groups excluding carboxylic acids is 2. The highest BCUT2D eigenvalue weighted by Crippen LogP contribution is 2.31. The minimum atomic E-state index is -4.55. The molecule has 0 aromatic heterocycles. The van der Waals surface area contributed by atoms with E-state index in [0.29, 0.717) is 24.3 Å². The second kappa shape index (κ2) is 9.67. The molecule has 0 saturated carbocycles. The zero-order valence-corrected chi connectivity index (χ0v) is 17.0. The van der Waals surface area contributed by atoms with E-state index in [1.165, 1.54) is 23.1 Å². The van der Waals surface area contributed by atoms with Gasteiger partial charge in [0.2, 0.25) is 11.8 Å². The monoisotopic (exact) mass is 458 g/mol. The molecule has 166 valence electrons. The maximum atomic E-state index is 13.3. The van der Waals surface area contributed by atoms with Crippen molar-refractivity contribution in [3.8, 4) is 0 Å². The SMILES string of the molecule is O=C(CSc1ccc(F)c(F)c1)NC(CN1CCCC1=O)c1cccc(C(F)(F)F)c1. The Labute approximate surface area is 179 Å². The van der Waals surface area contributed by atoms with Crippen LogP contribution in [0.3, 0.4) is 0 Å². The van der Waals surface area contributed by atoms with E-state index in [2.05, 4.69) is 5.32 Å². The first-order chi connectivity index (χ1) is 14.6. The van der Waals surface area contributed by atoms with Gasteiger partial charge >= 0.3 is 6.18 Å². The number of hydrogen-bond acceptors (Lipinski definition) is 3. The Morgan fingerprint density at radius 2 is 1.90 bits per heavy atom. The van der Waals surface area contributed by atoms with Crippen LogP contribution in [0, 0.1) is 11.6 Å². The van der Waals surface area contributed by atoms with E-state index >= 15 is 0 Å². The van der Waals surface area contributed by atoms with E-state index in [4.69, 9.17) is 0 Å². The third kappa shape index (κ3) is 6.19. The lowest BCUT2D eigenvalue weighted by Crippen LogP contribution is -2.39. The van der Waals surface area contributed by atoms with Gasteiger partial charge in [0.05, 0.1) is 17.4 Å². The fraction of sp³-hybridized carbons (Fsp3) is 0.333. The average molecular weight is 458 g/mol. The summed E-state index contributed by atoms with van der Waals surface area (Å²) >= 11 is 0.960. The summed E-state index contributed by atoms with van der Waals surface area (Å²) in [6, 6.07) is 6.98. The first-order valence-corrected chi connectivity index (χ1v) is 10.4. The molecular weight excluding hydrogens is 439 g/mol. The molecule has 31 heavy (non-hydrogen) atoms. The van der Waals surface area contributed by atoms with Crippen molar-refractivity contribution >= 4 is 23.6 Å². The molecule has 1 N–H and O–H groups in total.